The quantitative estimate of drug-likeness (QED) is 0.719. The van der Waals surface area contributed by atoms with Crippen molar-refractivity contribution in [1.82, 2.24) is 19.6 Å². The lowest BCUT2D eigenvalue weighted by Gasteiger charge is -2.31. The van der Waals surface area contributed by atoms with Crippen molar-refractivity contribution in [2.45, 2.75) is 32.2 Å². The first-order valence-corrected chi connectivity index (χ1v) is 8.28. The molecule has 25 heavy (non-hydrogen) atoms. The third-order valence-corrected chi connectivity index (χ3v) is 4.55. The average Bonchev–Trinajstić information content (AvgIpc) is 3.19. The van der Waals surface area contributed by atoms with Crippen molar-refractivity contribution in [1.29, 1.82) is 0 Å². The van der Waals surface area contributed by atoms with E-state index in [1.165, 1.54) is 4.57 Å². The standard InChI is InChI=1S/C17H18N4O4/c1-11-18-16(19-25-11)12-5-4-8-20(9-12)15(22)10-21-13-6-2-3-7-14(13)24-17(21)23/h2-3,6-7,12H,4-5,8-10H2,1H3. The third-order valence-electron chi connectivity index (χ3n) is 4.55. The molecular weight excluding hydrogens is 324 g/mol. The van der Waals surface area contributed by atoms with Crippen LogP contribution in [0.15, 0.2) is 38.0 Å². The zero-order valence-electron chi connectivity index (χ0n) is 13.8. The molecule has 0 saturated carbocycles. The summed E-state index contributed by atoms with van der Waals surface area (Å²) in [4.78, 5) is 30.8. The van der Waals surface area contributed by atoms with Gasteiger partial charge in [0.1, 0.15) is 6.54 Å². The van der Waals surface area contributed by atoms with Crippen molar-refractivity contribution < 1.29 is 13.7 Å². The molecule has 0 bridgehead atoms. The number of piperidine rings is 1. The van der Waals surface area contributed by atoms with Crippen LogP contribution in [0.25, 0.3) is 11.1 Å². The number of aromatic nitrogens is 3. The van der Waals surface area contributed by atoms with Gasteiger partial charge in [-0.15, -0.1) is 0 Å². The fraction of sp³-hybridized carbons (Fsp3) is 0.412. The predicted octanol–water partition coefficient (Wildman–Crippen LogP) is 1.69. The van der Waals surface area contributed by atoms with E-state index in [1.54, 1.807) is 30.0 Å². The first-order valence-electron chi connectivity index (χ1n) is 8.28. The van der Waals surface area contributed by atoms with Crippen LogP contribution in [-0.4, -0.2) is 38.6 Å². The Bertz CT molecular complexity index is 970. The molecule has 1 aromatic carbocycles. The lowest BCUT2D eigenvalue weighted by Crippen LogP contribution is -2.42. The molecule has 1 aliphatic rings. The van der Waals surface area contributed by atoms with Gasteiger partial charge < -0.3 is 13.8 Å². The number of hydrogen-bond acceptors (Lipinski definition) is 6. The van der Waals surface area contributed by atoms with Crippen molar-refractivity contribution in [2.24, 2.45) is 0 Å². The summed E-state index contributed by atoms with van der Waals surface area (Å²) in [6, 6.07) is 7.09. The second kappa shape index (κ2) is 6.19. The molecule has 0 spiro atoms. The lowest BCUT2D eigenvalue weighted by atomic mass is 9.97. The average molecular weight is 342 g/mol. The van der Waals surface area contributed by atoms with Gasteiger partial charge in [-0.3, -0.25) is 9.36 Å². The molecule has 8 nitrogen and oxygen atoms in total. The van der Waals surface area contributed by atoms with Gasteiger partial charge in [-0.2, -0.15) is 4.98 Å². The summed E-state index contributed by atoms with van der Waals surface area (Å²) >= 11 is 0. The fourth-order valence-corrected chi connectivity index (χ4v) is 3.29. The summed E-state index contributed by atoms with van der Waals surface area (Å²) in [7, 11) is 0. The Morgan fingerprint density at radius 2 is 2.20 bits per heavy atom. The Labute approximate surface area is 143 Å². The Morgan fingerprint density at radius 1 is 1.36 bits per heavy atom. The molecule has 0 radical (unpaired) electrons. The summed E-state index contributed by atoms with van der Waals surface area (Å²) < 4.78 is 11.6. The van der Waals surface area contributed by atoms with E-state index < -0.39 is 5.76 Å². The molecule has 0 aliphatic carbocycles. The second-order valence-electron chi connectivity index (χ2n) is 6.27. The van der Waals surface area contributed by atoms with Crippen molar-refractivity contribution >= 4 is 17.0 Å². The molecule has 130 valence electrons. The number of rotatable bonds is 3. The monoisotopic (exact) mass is 342 g/mol. The molecule has 1 aliphatic heterocycles. The Balaban J connectivity index is 1.52. The maximum Gasteiger partial charge on any atom is 0.420 e. The number of likely N-dealkylation sites (tertiary alicyclic amines) is 1. The van der Waals surface area contributed by atoms with Gasteiger partial charge in [-0.1, -0.05) is 17.3 Å². The van der Waals surface area contributed by atoms with E-state index in [9.17, 15) is 9.59 Å². The smallest absolute Gasteiger partial charge is 0.408 e. The molecule has 3 heterocycles. The van der Waals surface area contributed by atoms with Crippen LogP contribution in [-0.2, 0) is 11.3 Å². The summed E-state index contributed by atoms with van der Waals surface area (Å²) in [6.45, 7) is 2.91. The summed E-state index contributed by atoms with van der Waals surface area (Å²) in [5, 5.41) is 3.97. The summed E-state index contributed by atoms with van der Waals surface area (Å²) in [6.07, 6.45) is 1.78. The van der Waals surface area contributed by atoms with Crippen LogP contribution in [0.2, 0.25) is 0 Å². The van der Waals surface area contributed by atoms with Gasteiger partial charge in [-0.05, 0) is 25.0 Å². The molecule has 4 rings (SSSR count). The molecule has 8 heteroatoms. The Morgan fingerprint density at radius 3 is 3.00 bits per heavy atom. The molecule has 1 atom stereocenters. The molecular formula is C17H18N4O4. The Kier molecular flexibility index (Phi) is 3.87. The van der Waals surface area contributed by atoms with Crippen LogP contribution in [0.4, 0.5) is 0 Å². The molecule has 3 aromatic rings. The first-order chi connectivity index (χ1) is 12.1. The first kappa shape index (κ1) is 15.6. The van der Waals surface area contributed by atoms with Gasteiger partial charge in [0, 0.05) is 25.9 Å². The topological polar surface area (TPSA) is 94.4 Å². The molecule has 2 aromatic heterocycles. The largest absolute Gasteiger partial charge is 0.420 e. The highest BCUT2D eigenvalue weighted by atomic mass is 16.5. The molecule has 1 amide bonds. The molecule has 1 fully saturated rings. The van der Waals surface area contributed by atoms with Gasteiger partial charge in [-0.25, -0.2) is 4.79 Å². The fourth-order valence-electron chi connectivity index (χ4n) is 3.29. The zero-order valence-corrected chi connectivity index (χ0v) is 13.8. The molecule has 1 saturated heterocycles. The van der Waals surface area contributed by atoms with Gasteiger partial charge in [0.05, 0.1) is 5.52 Å². The summed E-state index contributed by atoms with van der Waals surface area (Å²) in [5.74, 6) is 0.597. The normalized spacial score (nSPS) is 18.0. The van der Waals surface area contributed by atoms with Crippen LogP contribution < -0.4 is 5.76 Å². The van der Waals surface area contributed by atoms with E-state index in [0.29, 0.717) is 35.9 Å². The van der Waals surface area contributed by atoms with Crippen molar-refractivity contribution in [3.63, 3.8) is 0 Å². The number of benzene rings is 1. The minimum absolute atomic E-state index is 0.0339. The maximum atomic E-state index is 12.7. The van der Waals surface area contributed by atoms with Crippen LogP contribution in [0, 0.1) is 6.92 Å². The van der Waals surface area contributed by atoms with Crippen molar-refractivity contribution in [3.05, 3.63) is 46.5 Å². The number of nitrogens with zero attached hydrogens (tertiary/aromatic N) is 4. The van der Waals surface area contributed by atoms with E-state index >= 15 is 0 Å². The number of carbonyl (C=O) groups is 1. The van der Waals surface area contributed by atoms with Crippen molar-refractivity contribution in [2.75, 3.05) is 13.1 Å². The number of carbonyl (C=O) groups excluding carboxylic acids is 1. The lowest BCUT2D eigenvalue weighted by molar-refractivity contribution is -0.133. The third kappa shape index (κ3) is 2.95. The van der Waals surface area contributed by atoms with E-state index in [-0.39, 0.29) is 18.4 Å². The van der Waals surface area contributed by atoms with Crippen LogP contribution in [0.3, 0.4) is 0 Å². The van der Waals surface area contributed by atoms with Gasteiger partial charge in [0.15, 0.2) is 11.4 Å². The number of hydrogen-bond donors (Lipinski definition) is 0. The van der Waals surface area contributed by atoms with Gasteiger partial charge in [0.25, 0.3) is 0 Å². The summed E-state index contributed by atoms with van der Waals surface area (Å²) in [5.41, 5.74) is 1.11. The van der Waals surface area contributed by atoms with E-state index in [2.05, 4.69) is 10.1 Å². The number of aryl methyl sites for hydroxylation is 1. The van der Waals surface area contributed by atoms with Crippen LogP contribution in [0.1, 0.15) is 30.5 Å². The minimum atomic E-state index is -0.517. The molecule has 0 N–H and O–H groups in total. The zero-order chi connectivity index (χ0) is 17.4. The minimum Gasteiger partial charge on any atom is -0.408 e. The Hall–Kier alpha value is -2.90. The van der Waals surface area contributed by atoms with E-state index in [0.717, 1.165) is 12.8 Å². The molecule has 1 unspecified atom stereocenters. The SMILES string of the molecule is Cc1nc(C2CCCN(C(=O)Cn3c(=O)oc4ccccc43)C2)no1. The van der Waals surface area contributed by atoms with Crippen molar-refractivity contribution in [3.8, 4) is 0 Å². The van der Waals surface area contributed by atoms with Gasteiger partial charge >= 0.3 is 5.76 Å². The van der Waals surface area contributed by atoms with Gasteiger partial charge in [0.2, 0.25) is 11.8 Å². The number of amides is 1. The van der Waals surface area contributed by atoms with E-state index in [1.807, 2.05) is 6.07 Å². The highest BCUT2D eigenvalue weighted by molar-refractivity contribution is 5.79. The second-order valence-corrected chi connectivity index (χ2v) is 6.27. The highest BCUT2D eigenvalue weighted by Gasteiger charge is 2.28. The number of oxazole rings is 1. The van der Waals surface area contributed by atoms with Crippen LogP contribution in [0.5, 0.6) is 0 Å². The predicted molar refractivity (Wildman–Crippen MR) is 88.1 cm³/mol. The maximum absolute atomic E-state index is 12.7. The van der Waals surface area contributed by atoms with Crippen LogP contribution >= 0.6 is 0 Å². The van der Waals surface area contributed by atoms with E-state index in [4.69, 9.17) is 8.94 Å². The highest BCUT2D eigenvalue weighted by Crippen LogP contribution is 2.25. The number of fused-ring (bicyclic) bond motifs is 1. The number of para-hydroxylation sites is 2.